The highest BCUT2D eigenvalue weighted by molar-refractivity contribution is 6.30. The second-order valence-corrected chi connectivity index (χ2v) is 6.48. The minimum absolute atomic E-state index is 0.0512. The summed E-state index contributed by atoms with van der Waals surface area (Å²) >= 11 is 11.6. The van der Waals surface area contributed by atoms with Crippen molar-refractivity contribution in [2.45, 2.75) is 12.7 Å². The minimum Gasteiger partial charge on any atom is -0.348 e. The van der Waals surface area contributed by atoms with Crippen LogP contribution >= 0.6 is 23.2 Å². The van der Waals surface area contributed by atoms with Crippen molar-refractivity contribution in [1.29, 1.82) is 0 Å². The summed E-state index contributed by atoms with van der Waals surface area (Å²) in [6, 6.07) is 12.4. The van der Waals surface area contributed by atoms with E-state index in [1.54, 1.807) is 24.3 Å². The van der Waals surface area contributed by atoms with Crippen LogP contribution in [0.4, 0.5) is 13.2 Å². The van der Waals surface area contributed by atoms with E-state index in [9.17, 15) is 18.0 Å². The number of aromatic nitrogens is 2. The third kappa shape index (κ3) is 4.43. The summed E-state index contributed by atoms with van der Waals surface area (Å²) in [6.07, 6.45) is -3.90. The van der Waals surface area contributed by atoms with Crippen molar-refractivity contribution in [1.82, 2.24) is 15.1 Å². The first-order chi connectivity index (χ1) is 12.8. The molecule has 0 spiro atoms. The number of halogens is 5. The lowest BCUT2D eigenvalue weighted by Gasteiger charge is -2.13. The van der Waals surface area contributed by atoms with E-state index in [2.05, 4.69) is 10.4 Å². The molecule has 9 heteroatoms. The molecular weight excluding hydrogens is 402 g/mol. The fourth-order valence-electron chi connectivity index (χ4n) is 2.47. The number of hydrogen-bond acceptors (Lipinski definition) is 2. The molecule has 2 aromatic carbocycles. The first-order valence-corrected chi connectivity index (χ1v) is 8.45. The predicted octanol–water partition coefficient (Wildman–Crippen LogP) is 5.13. The van der Waals surface area contributed by atoms with Crippen LogP contribution in [0.3, 0.4) is 0 Å². The molecule has 0 aliphatic carbocycles. The molecule has 1 amide bonds. The Balaban J connectivity index is 1.90. The minimum atomic E-state index is -4.79. The molecule has 0 aliphatic heterocycles. The van der Waals surface area contributed by atoms with Crippen molar-refractivity contribution in [3.05, 3.63) is 81.6 Å². The average Bonchev–Trinajstić information content (AvgIpc) is 3.07. The van der Waals surface area contributed by atoms with Crippen LogP contribution in [0.5, 0.6) is 0 Å². The van der Waals surface area contributed by atoms with Gasteiger partial charge in [0.05, 0.1) is 17.4 Å². The molecule has 0 unspecified atom stereocenters. The Hall–Kier alpha value is -2.51. The molecule has 0 aliphatic rings. The normalized spacial score (nSPS) is 11.4. The quantitative estimate of drug-likeness (QED) is 0.644. The second kappa shape index (κ2) is 7.62. The largest absolute Gasteiger partial charge is 0.434 e. The van der Waals surface area contributed by atoms with Gasteiger partial charge in [-0.15, -0.1) is 0 Å². The number of carbonyl (C=O) groups excluding carboxylic acids is 1. The maximum Gasteiger partial charge on any atom is 0.434 e. The average molecular weight is 414 g/mol. The Morgan fingerprint density at radius 2 is 1.78 bits per heavy atom. The van der Waals surface area contributed by atoms with Gasteiger partial charge in [-0.05, 0) is 35.9 Å². The maximum atomic E-state index is 13.6. The van der Waals surface area contributed by atoms with Crippen LogP contribution in [0.25, 0.3) is 5.69 Å². The van der Waals surface area contributed by atoms with E-state index in [0.29, 0.717) is 15.3 Å². The Morgan fingerprint density at radius 1 is 1.07 bits per heavy atom. The number of amides is 1. The summed E-state index contributed by atoms with van der Waals surface area (Å²) in [7, 11) is 0. The Morgan fingerprint density at radius 3 is 2.41 bits per heavy atom. The third-order valence-corrected chi connectivity index (χ3v) is 4.19. The topological polar surface area (TPSA) is 46.9 Å². The van der Waals surface area contributed by atoms with Gasteiger partial charge in [-0.1, -0.05) is 41.4 Å². The number of hydrogen-bond donors (Lipinski definition) is 1. The zero-order chi connectivity index (χ0) is 19.6. The van der Waals surface area contributed by atoms with Gasteiger partial charge in [-0.25, -0.2) is 4.68 Å². The summed E-state index contributed by atoms with van der Waals surface area (Å²) in [5.74, 6) is -0.884. The third-order valence-electron chi connectivity index (χ3n) is 3.70. The molecule has 0 saturated heterocycles. The van der Waals surface area contributed by atoms with Crippen molar-refractivity contribution in [3.63, 3.8) is 0 Å². The summed E-state index contributed by atoms with van der Waals surface area (Å²) < 4.78 is 41.5. The van der Waals surface area contributed by atoms with Crippen LogP contribution < -0.4 is 5.32 Å². The van der Waals surface area contributed by atoms with Crippen LogP contribution in [-0.4, -0.2) is 15.7 Å². The van der Waals surface area contributed by atoms with Crippen molar-refractivity contribution in [2.24, 2.45) is 0 Å². The van der Waals surface area contributed by atoms with Crippen LogP contribution in [0.2, 0.25) is 10.0 Å². The van der Waals surface area contributed by atoms with Crippen molar-refractivity contribution in [2.75, 3.05) is 0 Å². The van der Waals surface area contributed by atoms with Crippen molar-refractivity contribution in [3.8, 4) is 5.69 Å². The lowest BCUT2D eigenvalue weighted by Crippen LogP contribution is -2.26. The monoisotopic (exact) mass is 413 g/mol. The van der Waals surface area contributed by atoms with Gasteiger partial charge in [0.25, 0.3) is 5.91 Å². The number of carbonyl (C=O) groups is 1. The molecule has 0 fully saturated rings. The van der Waals surface area contributed by atoms with Gasteiger partial charge < -0.3 is 5.32 Å². The van der Waals surface area contributed by atoms with Crippen LogP contribution in [-0.2, 0) is 12.7 Å². The molecule has 0 atom stereocenters. The summed E-state index contributed by atoms with van der Waals surface area (Å²) in [5, 5.41) is 6.98. The molecule has 1 N–H and O–H groups in total. The lowest BCUT2D eigenvalue weighted by molar-refractivity contribution is -0.143. The van der Waals surface area contributed by atoms with Crippen LogP contribution in [0, 0.1) is 0 Å². The molecule has 3 aromatic rings. The highest BCUT2D eigenvalue weighted by atomic mass is 35.5. The fraction of sp³-hybridized carbons (Fsp3) is 0.111. The van der Waals surface area contributed by atoms with Gasteiger partial charge in [0.15, 0.2) is 5.69 Å². The Bertz CT molecular complexity index is 969. The fourth-order valence-corrected chi connectivity index (χ4v) is 2.78. The highest BCUT2D eigenvalue weighted by Gasteiger charge is 2.40. The van der Waals surface area contributed by atoms with Gasteiger partial charge in [0.2, 0.25) is 0 Å². The van der Waals surface area contributed by atoms with E-state index in [1.807, 2.05) is 0 Å². The molecule has 3 rings (SSSR count). The van der Waals surface area contributed by atoms with Crippen molar-refractivity contribution >= 4 is 29.1 Å². The Kier molecular flexibility index (Phi) is 5.43. The van der Waals surface area contributed by atoms with Gasteiger partial charge in [-0.3, -0.25) is 4.79 Å². The summed E-state index contributed by atoms with van der Waals surface area (Å²) in [6.45, 7) is 0.0512. The maximum absolute atomic E-state index is 13.6. The standard InChI is InChI=1S/C18H12Cl2F3N3O/c19-12-6-4-11(5-7-12)9-24-17(27)15-10-25-26(16(15)18(21,22)23)14-3-1-2-13(20)8-14/h1-8,10H,9H2,(H,24,27). The second-order valence-electron chi connectivity index (χ2n) is 5.61. The first kappa shape index (κ1) is 19.3. The number of nitrogens with one attached hydrogen (secondary N) is 1. The van der Waals surface area contributed by atoms with E-state index < -0.39 is 23.3 Å². The van der Waals surface area contributed by atoms with Gasteiger partial charge in [-0.2, -0.15) is 18.3 Å². The number of nitrogens with zero attached hydrogens (tertiary/aromatic N) is 2. The highest BCUT2D eigenvalue weighted by Crippen LogP contribution is 2.34. The summed E-state index contributed by atoms with van der Waals surface area (Å²) in [4.78, 5) is 12.3. The Labute approximate surface area is 162 Å². The van der Waals surface area contributed by atoms with Gasteiger partial charge in [0, 0.05) is 16.6 Å². The molecule has 140 valence electrons. The zero-order valence-corrected chi connectivity index (χ0v) is 15.1. The van der Waals surface area contributed by atoms with Gasteiger partial charge >= 0.3 is 6.18 Å². The number of alkyl halides is 3. The van der Waals surface area contributed by atoms with Crippen LogP contribution in [0.1, 0.15) is 21.6 Å². The molecule has 1 aromatic heterocycles. The lowest BCUT2D eigenvalue weighted by atomic mass is 10.2. The smallest absolute Gasteiger partial charge is 0.348 e. The van der Waals surface area contributed by atoms with E-state index in [-0.39, 0.29) is 17.3 Å². The van der Waals surface area contributed by atoms with E-state index in [0.717, 1.165) is 6.20 Å². The zero-order valence-electron chi connectivity index (χ0n) is 13.6. The van der Waals surface area contributed by atoms with Gasteiger partial charge in [0.1, 0.15) is 0 Å². The summed E-state index contributed by atoms with van der Waals surface area (Å²) in [5.41, 5.74) is -0.940. The van der Waals surface area contributed by atoms with Crippen molar-refractivity contribution < 1.29 is 18.0 Å². The molecular formula is C18H12Cl2F3N3O. The molecule has 4 nitrogen and oxygen atoms in total. The number of benzene rings is 2. The van der Waals surface area contributed by atoms with Crippen LogP contribution in [0.15, 0.2) is 54.7 Å². The molecule has 1 heterocycles. The molecule has 0 radical (unpaired) electrons. The molecule has 27 heavy (non-hydrogen) atoms. The first-order valence-electron chi connectivity index (χ1n) is 7.69. The van der Waals surface area contributed by atoms with E-state index in [1.165, 1.54) is 24.3 Å². The van der Waals surface area contributed by atoms with E-state index >= 15 is 0 Å². The number of rotatable bonds is 4. The predicted molar refractivity (Wildman–Crippen MR) is 96.2 cm³/mol. The van der Waals surface area contributed by atoms with E-state index in [4.69, 9.17) is 23.2 Å². The SMILES string of the molecule is O=C(NCc1ccc(Cl)cc1)c1cnn(-c2cccc(Cl)c2)c1C(F)(F)F. The molecule has 0 saturated carbocycles. The molecule has 0 bridgehead atoms.